The number of aliphatic imine (C=N–C) groups is 1. The number of esters is 1. The van der Waals surface area contributed by atoms with Crippen molar-refractivity contribution in [3.05, 3.63) is 59.8 Å². The van der Waals surface area contributed by atoms with Crippen LogP contribution in [0.2, 0.25) is 0 Å². The molecule has 1 aromatic rings. The minimum atomic E-state index is -3.01. The van der Waals surface area contributed by atoms with Crippen molar-refractivity contribution >= 4 is 39.2 Å². The molecule has 0 aromatic heterocycles. The maximum atomic E-state index is 13.0. The number of piperidine rings is 1. The molecule has 0 spiro atoms. The summed E-state index contributed by atoms with van der Waals surface area (Å²) in [6.07, 6.45) is 18.3. The quantitative estimate of drug-likeness (QED) is 0.186. The molecule has 4 rings (SSSR count). The molecule has 0 radical (unpaired) electrons. The first-order chi connectivity index (χ1) is 21.0. The molecular formula is C34H45N3O6S. The third-order valence-corrected chi connectivity index (χ3v) is 9.52. The van der Waals surface area contributed by atoms with Crippen LogP contribution in [0.15, 0.2) is 53.7 Å². The highest BCUT2D eigenvalue weighted by molar-refractivity contribution is 7.90. The Morgan fingerprint density at radius 1 is 1.07 bits per heavy atom. The molecular weight excluding hydrogens is 578 g/mol. The van der Waals surface area contributed by atoms with E-state index >= 15 is 0 Å². The van der Waals surface area contributed by atoms with Crippen LogP contribution in [0.5, 0.6) is 5.75 Å². The molecule has 1 saturated carbocycles. The Morgan fingerprint density at radius 3 is 2.48 bits per heavy atom. The fourth-order valence-corrected chi connectivity index (χ4v) is 6.75. The molecule has 1 aliphatic heterocycles. The van der Waals surface area contributed by atoms with Gasteiger partial charge in [0, 0.05) is 74.1 Å². The summed E-state index contributed by atoms with van der Waals surface area (Å²) >= 11 is 0. The van der Waals surface area contributed by atoms with Crippen LogP contribution in [-0.2, 0) is 24.2 Å². The second-order valence-corrected chi connectivity index (χ2v) is 14.3. The van der Waals surface area contributed by atoms with Gasteiger partial charge in [0.05, 0.1) is 12.4 Å². The number of carbonyl (C=O) groups is 2. The van der Waals surface area contributed by atoms with Crippen molar-refractivity contribution < 1.29 is 27.5 Å². The minimum absolute atomic E-state index is 0.0693. The molecule has 2 fully saturated rings. The largest absolute Gasteiger partial charge is 0.493 e. The van der Waals surface area contributed by atoms with Crippen LogP contribution >= 0.6 is 0 Å². The third kappa shape index (κ3) is 9.74. The maximum absolute atomic E-state index is 13.0. The van der Waals surface area contributed by atoms with Gasteiger partial charge in [0.1, 0.15) is 21.7 Å². The summed E-state index contributed by atoms with van der Waals surface area (Å²) in [5.41, 5.74) is 3.20. The molecule has 1 atom stereocenters. The Morgan fingerprint density at radius 2 is 1.80 bits per heavy atom. The van der Waals surface area contributed by atoms with Gasteiger partial charge < -0.3 is 19.8 Å². The second-order valence-electron chi connectivity index (χ2n) is 12.1. The van der Waals surface area contributed by atoms with Crippen molar-refractivity contribution in [3.8, 4) is 5.75 Å². The molecule has 1 N–H and O–H groups in total. The number of amides is 1. The molecule has 1 amide bonds. The Balaban J connectivity index is 1.21. The van der Waals surface area contributed by atoms with Gasteiger partial charge in [-0.05, 0) is 68.7 Å². The van der Waals surface area contributed by atoms with Crippen LogP contribution in [0.1, 0.15) is 75.8 Å². The number of nitrogens with one attached hydrogen (secondary N) is 1. The topological polar surface area (TPSA) is 126 Å². The molecule has 1 heterocycles. The number of likely N-dealkylation sites (tertiary alicyclic amines) is 1. The van der Waals surface area contributed by atoms with E-state index in [4.69, 9.17) is 14.9 Å². The van der Waals surface area contributed by atoms with Gasteiger partial charge in [-0.25, -0.2) is 8.42 Å². The van der Waals surface area contributed by atoms with Gasteiger partial charge in [0.15, 0.2) is 0 Å². The lowest BCUT2D eigenvalue weighted by Crippen LogP contribution is -2.44. The molecule has 44 heavy (non-hydrogen) atoms. The minimum Gasteiger partial charge on any atom is -0.493 e. The lowest BCUT2D eigenvalue weighted by atomic mass is 9.81. The van der Waals surface area contributed by atoms with E-state index in [9.17, 15) is 18.0 Å². The number of sulfone groups is 1. The van der Waals surface area contributed by atoms with Crippen molar-refractivity contribution in [1.82, 2.24) is 4.90 Å². The van der Waals surface area contributed by atoms with Crippen LogP contribution in [0, 0.1) is 17.2 Å². The zero-order chi connectivity index (χ0) is 31.7. The Hall–Kier alpha value is -3.53. The average molecular weight is 624 g/mol. The Kier molecular flexibility index (Phi) is 11.7. The maximum Gasteiger partial charge on any atom is 0.302 e. The molecule has 1 saturated heterocycles. The van der Waals surface area contributed by atoms with Gasteiger partial charge in [0.2, 0.25) is 5.91 Å². The zero-order valence-corrected chi connectivity index (χ0v) is 26.9. The van der Waals surface area contributed by atoms with Gasteiger partial charge in [-0.1, -0.05) is 30.4 Å². The lowest BCUT2D eigenvalue weighted by Gasteiger charge is -2.35. The number of fused-ring (bicyclic) bond motifs is 1. The summed E-state index contributed by atoms with van der Waals surface area (Å²) in [6.45, 7) is 5.01. The summed E-state index contributed by atoms with van der Waals surface area (Å²) in [4.78, 5) is 30.7. The van der Waals surface area contributed by atoms with Gasteiger partial charge >= 0.3 is 5.97 Å². The van der Waals surface area contributed by atoms with E-state index in [-0.39, 0.29) is 35.6 Å². The van der Waals surface area contributed by atoms with Gasteiger partial charge in [-0.2, -0.15) is 0 Å². The normalized spacial score (nSPS) is 22.8. The van der Waals surface area contributed by atoms with Crippen LogP contribution in [0.4, 0.5) is 0 Å². The first kappa shape index (κ1) is 33.4. The number of ether oxygens (including phenoxy) is 2. The Labute approximate surface area is 261 Å². The zero-order valence-electron chi connectivity index (χ0n) is 26.0. The standard InChI is InChI=1S/C34H45N3O6S/c1-24(8-9-26-10-12-27(13-11-26)34(39)37-20-17-28(18-21-37)43-25(2)38)36-19-16-32(35)30-14-15-31-29(30)6-4-7-33(31)42-22-5-23-44(3,40)41/h4,6-9,14-16,19,26-28,30,35H,5,10-13,17-18,20-23H2,1-3H3/b9-8-,19-16-,35-32?,36-24-. The number of allylic oxidation sites excluding steroid dienone is 4. The summed E-state index contributed by atoms with van der Waals surface area (Å²) in [5, 5.41) is 8.61. The molecule has 238 valence electrons. The van der Waals surface area contributed by atoms with E-state index in [0.717, 1.165) is 42.5 Å². The lowest BCUT2D eigenvalue weighted by molar-refractivity contribution is -0.150. The summed E-state index contributed by atoms with van der Waals surface area (Å²) in [7, 11) is -3.01. The van der Waals surface area contributed by atoms with Crippen LogP contribution in [-0.4, -0.2) is 74.4 Å². The smallest absolute Gasteiger partial charge is 0.302 e. The molecule has 0 bridgehead atoms. The fraction of sp³-hybridized carbons (Fsp3) is 0.529. The van der Waals surface area contributed by atoms with E-state index < -0.39 is 9.84 Å². The van der Waals surface area contributed by atoms with Crippen LogP contribution in [0.3, 0.4) is 0 Å². The Bertz CT molecular complexity index is 1430. The highest BCUT2D eigenvalue weighted by atomic mass is 32.2. The fourth-order valence-electron chi connectivity index (χ4n) is 6.11. The van der Waals surface area contributed by atoms with E-state index in [1.54, 1.807) is 12.3 Å². The first-order valence-corrected chi connectivity index (χ1v) is 17.6. The van der Waals surface area contributed by atoms with Gasteiger partial charge in [-0.15, -0.1) is 0 Å². The molecule has 2 aliphatic carbocycles. The van der Waals surface area contributed by atoms with Crippen molar-refractivity contribution in [2.45, 2.75) is 70.8 Å². The average Bonchev–Trinajstić information content (AvgIpc) is 3.43. The van der Waals surface area contributed by atoms with Crippen molar-refractivity contribution in [3.63, 3.8) is 0 Å². The highest BCUT2D eigenvalue weighted by Gasteiger charge is 2.31. The molecule has 1 unspecified atom stereocenters. The summed E-state index contributed by atoms with van der Waals surface area (Å²) in [6, 6.07) is 5.75. The number of benzene rings is 1. The summed E-state index contributed by atoms with van der Waals surface area (Å²) in [5.74, 6) is 1.08. The van der Waals surface area contributed by atoms with Crippen molar-refractivity contribution in [2.24, 2.45) is 16.8 Å². The number of hydrogen-bond acceptors (Lipinski definition) is 8. The van der Waals surface area contributed by atoms with Crippen LogP contribution in [0.25, 0.3) is 6.08 Å². The molecule has 3 aliphatic rings. The second kappa shape index (κ2) is 15.5. The summed E-state index contributed by atoms with van der Waals surface area (Å²) < 4.78 is 33.9. The van der Waals surface area contributed by atoms with Crippen molar-refractivity contribution in [1.29, 1.82) is 5.41 Å². The number of nitrogens with zero attached hydrogens (tertiary/aromatic N) is 2. The van der Waals surface area contributed by atoms with Crippen molar-refractivity contribution in [2.75, 3.05) is 31.7 Å². The van der Waals surface area contributed by atoms with Gasteiger partial charge in [0.25, 0.3) is 0 Å². The van der Waals surface area contributed by atoms with E-state index in [1.165, 1.54) is 13.2 Å². The number of hydrogen-bond donors (Lipinski definition) is 1. The van der Waals surface area contributed by atoms with Crippen LogP contribution < -0.4 is 4.74 Å². The van der Waals surface area contributed by atoms with Gasteiger partial charge in [-0.3, -0.25) is 14.6 Å². The SMILES string of the molecule is CC(=O)OC1CCN(C(=O)C2CCC(\C=C/C(C)=N\C=C/C(=N)C3C=Cc4c(OCCCS(C)(=O)=O)cccc43)CC2)CC1. The number of rotatable bonds is 12. The molecule has 1 aromatic carbocycles. The number of carbonyl (C=O) groups excluding carboxylic acids is 2. The predicted octanol–water partition coefficient (Wildman–Crippen LogP) is 5.52. The third-order valence-electron chi connectivity index (χ3n) is 8.49. The molecule has 10 heteroatoms. The van der Waals surface area contributed by atoms with E-state index in [2.05, 4.69) is 11.1 Å². The monoisotopic (exact) mass is 623 g/mol. The van der Waals surface area contributed by atoms with E-state index in [1.807, 2.05) is 48.3 Å². The predicted molar refractivity (Wildman–Crippen MR) is 174 cm³/mol. The molecule has 9 nitrogen and oxygen atoms in total. The first-order valence-electron chi connectivity index (χ1n) is 15.6. The highest BCUT2D eigenvalue weighted by Crippen LogP contribution is 2.37. The van der Waals surface area contributed by atoms with E-state index in [0.29, 0.717) is 56.3 Å².